The van der Waals surface area contributed by atoms with E-state index >= 15 is 0 Å². The Kier molecular flexibility index (Phi) is 6.12. The van der Waals surface area contributed by atoms with Crippen molar-refractivity contribution in [3.8, 4) is 0 Å². The van der Waals surface area contributed by atoms with Gasteiger partial charge in [0, 0.05) is 51.9 Å². The van der Waals surface area contributed by atoms with Gasteiger partial charge in [0.05, 0.1) is 25.5 Å². The fraction of sp³-hybridized carbons (Fsp3) is 0.778. The molecule has 0 amide bonds. The van der Waals surface area contributed by atoms with Crippen LogP contribution in [0.1, 0.15) is 24.1 Å². The van der Waals surface area contributed by atoms with E-state index in [9.17, 15) is 13.2 Å². The van der Waals surface area contributed by atoms with Gasteiger partial charge in [-0.1, -0.05) is 0 Å². The summed E-state index contributed by atoms with van der Waals surface area (Å²) in [6.07, 6.45) is 4.18. The molecular formula is C18H29N5O4S. The summed E-state index contributed by atoms with van der Waals surface area (Å²) in [6, 6.07) is 1.74. The molecule has 1 aliphatic carbocycles. The fourth-order valence-corrected chi connectivity index (χ4v) is 5.68. The summed E-state index contributed by atoms with van der Waals surface area (Å²) in [5.41, 5.74) is 2.14. The minimum atomic E-state index is -3.40. The summed E-state index contributed by atoms with van der Waals surface area (Å²) >= 11 is 0. The van der Waals surface area contributed by atoms with Crippen LogP contribution in [0.5, 0.6) is 0 Å². The maximum atomic E-state index is 12.7. The monoisotopic (exact) mass is 411 g/mol. The molecule has 0 aromatic carbocycles. The van der Waals surface area contributed by atoms with Gasteiger partial charge in [-0.15, -0.1) is 0 Å². The van der Waals surface area contributed by atoms with Crippen LogP contribution in [0.4, 0.5) is 0 Å². The Labute approximate surface area is 166 Å². The summed E-state index contributed by atoms with van der Waals surface area (Å²) in [4.78, 5) is 14.5. The lowest BCUT2D eigenvalue weighted by molar-refractivity contribution is 0.0684. The first-order valence-electron chi connectivity index (χ1n) is 10.2. The van der Waals surface area contributed by atoms with Crippen molar-refractivity contribution in [2.75, 3.05) is 59.0 Å². The molecule has 10 heteroatoms. The number of aromatic nitrogens is 2. The topological polar surface area (TPSA) is 88.0 Å². The average Bonchev–Trinajstić information content (AvgIpc) is 2.73. The third-order valence-electron chi connectivity index (χ3n) is 5.86. The second-order valence-corrected chi connectivity index (χ2v) is 9.57. The van der Waals surface area contributed by atoms with E-state index in [0.717, 1.165) is 36.9 Å². The van der Waals surface area contributed by atoms with Crippen LogP contribution in [0.15, 0.2) is 10.9 Å². The molecule has 1 aromatic rings. The van der Waals surface area contributed by atoms with Crippen molar-refractivity contribution in [1.29, 1.82) is 0 Å². The molecule has 3 heterocycles. The predicted molar refractivity (Wildman–Crippen MR) is 104 cm³/mol. The zero-order valence-corrected chi connectivity index (χ0v) is 17.1. The summed E-state index contributed by atoms with van der Waals surface area (Å²) in [5, 5.41) is 4.57. The molecule has 0 bridgehead atoms. The molecule has 0 radical (unpaired) electrons. The number of morpholine rings is 1. The number of rotatable bonds is 5. The molecule has 0 saturated carbocycles. The summed E-state index contributed by atoms with van der Waals surface area (Å²) in [6.45, 7) is 5.32. The van der Waals surface area contributed by atoms with Gasteiger partial charge in [0.25, 0.3) is 15.8 Å². The lowest BCUT2D eigenvalue weighted by Crippen LogP contribution is -2.55. The van der Waals surface area contributed by atoms with Crippen LogP contribution in [0.25, 0.3) is 0 Å². The smallest absolute Gasteiger partial charge is 0.282 e. The van der Waals surface area contributed by atoms with Crippen molar-refractivity contribution in [3.63, 3.8) is 0 Å². The Morgan fingerprint density at radius 2 is 1.61 bits per heavy atom. The van der Waals surface area contributed by atoms with Gasteiger partial charge in [-0.25, -0.2) is 4.68 Å². The minimum Gasteiger partial charge on any atom is -0.379 e. The van der Waals surface area contributed by atoms with Crippen molar-refractivity contribution in [2.24, 2.45) is 0 Å². The molecular weight excluding hydrogens is 382 g/mol. The first-order valence-corrected chi connectivity index (χ1v) is 11.6. The molecule has 2 aliphatic heterocycles. The molecule has 1 aromatic heterocycles. The number of nitrogens with zero attached hydrogens (tertiary/aromatic N) is 5. The van der Waals surface area contributed by atoms with E-state index in [0.29, 0.717) is 65.6 Å². The maximum Gasteiger partial charge on any atom is 0.282 e. The van der Waals surface area contributed by atoms with Crippen LogP contribution in [0, 0.1) is 0 Å². The fourth-order valence-electron chi connectivity index (χ4n) is 4.12. The number of hydrogen-bond acceptors (Lipinski definition) is 6. The summed E-state index contributed by atoms with van der Waals surface area (Å²) < 4.78 is 35.4. The van der Waals surface area contributed by atoms with Crippen molar-refractivity contribution in [3.05, 3.63) is 27.7 Å². The highest BCUT2D eigenvalue weighted by Crippen LogP contribution is 2.17. The van der Waals surface area contributed by atoms with E-state index < -0.39 is 10.2 Å². The van der Waals surface area contributed by atoms with Crippen molar-refractivity contribution < 1.29 is 13.2 Å². The standard InChI is InChI=1S/C18H29N5O4S/c24-18-15-16-3-1-2-4-17(16)19-23(18)10-7-20-5-8-21(9-6-20)28(25,26)22-11-13-27-14-12-22/h15H,1-14H2. The Hall–Kier alpha value is -1.33. The number of ether oxygens (including phenoxy) is 1. The molecule has 2 fully saturated rings. The normalized spacial score (nSPS) is 22.9. The second kappa shape index (κ2) is 8.58. The van der Waals surface area contributed by atoms with Gasteiger partial charge in [-0.2, -0.15) is 22.1 Å². The molecule has 4 rings (SSSR count). The Morgan fingerprint density at radius 1 is 0.929 bits per heavy atom. The Bertz CT molecular complexity index is 842. The molecule has 9 nitrogen and oxygen atoms in total. The van der Waals surface area contributed by atoms with E-state index in [1.54, 1.807) is 15.1 Å². The van der Waals surface area contributed by atoms with Crippen molar-refractivity contribution >= 4 is 10.2 Å². The number of aryl methyl sites for hydroxylation is 2. The van der Waals surface area contributed by atoms with Gasteiger partial charge in [0.15, 0.2) is 0 Å². The molecule has 0 unspecified atom stereocenters. The van der Waals surface area contributed by atoms with E-state index in [-0.39, 0.29) is 5.56 Å². The van der Waals surface area contributed by atoms with Crippen LogP contribution in [-0.2, 0) is 34.3 Å². The second-order valence-electron chi connectivity index (χ2n) is 7.64. The van der Waals surface area contributed by atoms with Gasteiger partial charge in [-0.3, -0.25) is 9.69 Å². The van der Waals surface area contributed by atoms with Crippen LogP contribution in [0.3, 0.4) is 0 Å². The van der Waals surface area contributed by atoms with Gasteiger partial charge < -0.3 is 4.74 Å². The Balaban J connectivity index is 1.31. The van der Waals surface area contributed by atoms with Crippen molar-refractivity contribution in [1.82, 2.24) is 23.3 Å². The van der Waals surface area contributed by atoms with Crippen LogP contribution in [-0.4, -0.2) is 90.7 Å². The van der Waals surface area contributed by atoms with E-state index in [1.165, 1.54) is 4.31 Å². The van der Waals surface area contributed by atoms with E-state index in [4.69, 9.17) is 4.74 Å². The van der Waals surface area contributed by atoms with Gasteiger partial charge in [0.1, 0.15) is 0 Å². The minimum absolute atomic E-state index is 0.0332. The van der Waals surface area contributed by atoms with Crippen LogP contribution < -0.4 is 5.56 Å². The molecule has 28 heavy (non-hydrogen) atoms. The van der Waals surface area contributed by atoms with E-state index in [2.05, 4.69) is 10.00 Å². The first kappa shape index (κ1) is 20.0. The predicted octanol–water partition coefficient (Wildman–Crippen LogP) is -0.683. The summed E-state index contributed by atoms with van der Waals surface area (Å²) in [5.74, 6) is 0. The van der Waals surface area contributed by atoms with Crippen molar-refractivity contribution in [2.45, 2.75) is 32.2 Å². The Morgan fingerprint density at radius 3 is 2.36 bits per heavy atom. The lowest BCUT2D eigenvalue weighted by Gasteiger charge is -2.37. The highest BCUT2D eigenvalue weighted by molar-refractivity contribution is 7.86. The van der Waals surface area contributed by atoms with Crippen LogP contribution in [0.2, 0.25) is 0 Å². The summed E-state index contributed by atoms with van der Waals surface area (Å²) in [7, 11) is -3.40. The molecule has 0 atom stereocenters. The first-order chi connectivity index (χ1) is 13.5. The molecule has 156 valence electrons. The highest BCUT2D eigenvalue weighted by Gasteiger charge is 2.33. The average molecular weight is 412 g/mol. The van der Waals surface area contributed by atoms with Gasteiger partial charge >= 0.3 is 0 Å². The zero-order chi connectivity index (χ0) is 19.6. The van der Waals surface area contributed by atoms with E-state index in [1.807, 2.05) is 0 Å². The maximum absolute atomic E-state index is 12.7. The number of fused-ring (bicyclic) bond motifs is 1. The van der Waals surface area contributed by atoms with Gasteiger partial charge in [0.2, 0.25) is 0 Å². The number of hydrogen-bond donors (Lipinski definition) is 0. The highest BCUT2D eigenvalue weighted by atomic mass is 32.2. The number of piperazine rings is 1. The molecule has 2 saturated heterocycles. The molecule has 3 aliphatic rings. The lowest BCUT2D eigenvalue weighted by atomic mass is 9.97. The largest absolute Gasteiger partial charge is 0.379 e. The van der Waals surface area contributed by atoms with Crippen LogP contribution >= 0.6 is 0 Å². The third kappa shape index (κ3) is 4.30. The quantitative estimate of drug-likeness (QED) is 0.638. The third-order valence-corrected chi connectivity index (χ3v) is 7.89. The van der Waals surface area contributed by atoms with Gasteiger partial charge in [-0.05, 0) is 31.2 Å². The molecule has 0 spiro atoms. The zero-order valence-electron chi connectivity index (χ0n) is 16.3. The molecule has 0 N–H and O–H groups in total. The SMILES string of the molecule is O=c1cc2c(nn1CCN1CCN(S(=O)(=O)N3CCOCC3)CC1)CCCC2.